The van der Waals surface area contributed by atoms with E-state index < -0.39 is 17.5 Å². The van der Waals surface area contributed by atoms with Gasteiger partial charge in [-0.3, -0.25) is 4.79 Å². The molecule has 0 saturated heterocycles. The van der Waals surface area contributed by atoms with Gasteiger partial charge in [-0.15, -0.1) is 0 Å². The molecule has 1 aliphatic heterocycles. The number of carbonyl (C=O) groups is 2. The molecule has 1 atom stereocenters. The van der Waals surface area contributed by atoms with Crippen molar-refractivity contribution in [3.63, 3.8) is 0 Å². The summed E-state index contributed by atoms with van der Waals surface area (Å²) in [6, 6.07) is 14.6. The molecule has 1 amide bonds. The molecule has 0 radical (unpaired) electrons. The summed E-state index contributed by atoms with van der Waals surface area (Å²) >= 11 is 12.3. The monoisotopic (exact) mass is 445 g/mol. The van der Waals surface area contributed by atoms with E-state index in [2.05, 4.69) is 0 Å². The number of allylic oxidation sites excluding steroid dienone is 1. The van der Waals surface area contributed by atoms with Crippen LogP contribution in [0.25, 0.3) is 0 Å². The van der Waals surface area contributed by atoms with Crippen LogP contribution in [0, 0.1) is 0 Å². The van der Waals surface area contributed by atoms with Crippen LogP contribution in [-0.2, 0) is 20.9 Å². The lowest BCUT2D eigenvalue weighted by atomic mass is 9.83. The second-order valence-electron chi connectivity index (χ2n) is 8.42. The van der Waals surface area contributed by atoms with Gasteiger partial charge in [0.1, 0.15) is 5.60 Å². The first-order valence-electron chi connectivity index (χ1n) is 9.79. The van der Waals surface area contributed by atoms with Crippen LogP contribution in [0.5, 0.6) is 0 Å². The third kappa shape index (κ3) is 5.24. The van der Waals surface area contributed by atoms with Crippen LogP contribution >= 0.6 is 23.2 Å². The third-order valence-corrected chi connectivity index (χ3v) is 5.39. The normalized spacial score (nSPS) is 17.3. The van der Waals surface area contributed by atoms with Crippen molar-refractivity contribution >= 4 is 35.1 Å². The molecular formula is C24H25Cl2NO3. The molecule has 30 heavy (non-hydrogen) atoms. The predicted octanol–water partition coefficient (Wildman–Crippen LogP) is 6.13. The SMILES string of the molecule is CC1=C(C(=O)OC(C)(C)C)C(c2cccc(Cl)c2)CC(=O)N1Cc1cccc(Cl)c1. The van der Waals surface area contributed by atoms with E-state index in [1.165, 1.54) is 0 Å². The first kappa shape index (κ1) is 22.4. The molecule has 0 spiro atoms. The average molecular weight is 446 g/mol. The molecule has 0 aliphatic carbocycles. The van der Waals surface area contributed by atoms with Crippen LogP contribution in [0.3, 0.4) is 0 Å². The minimum Gasteiger partial charge on any atom is -0.457 e. The van der Waals surface area contributed by atoms with E-state index in [1.54, 1.807) is 30.0 Å². The fourth-order valence-corrected chi connectivity index (χ4v) is 4.04. The summed E-state index contributed by atoms with van der Waals surface area (Å²) in [6.45, 7) is 7.60. The van der Waals surface area contributed by atoms with E-state index in [4.69, 9.17) is 27.9 Å². The van der Waals surface area contributed by atoms with E-state index in [1.807, 2.05) is 51.1 Å². The van der Waals surface area contributed by atoms with Crippen molar-refractivity contribution in [1.29, 1.82) is 0 Å². The summed E-state index contributed by atoms with van der Waals surface area (Å²) < 4.78 is 5.69. The van der Waals surface area contributed by atoms with Crippen LogP contribution < -0.4 is 0 Å². The molecule has 1 heterocycles. The maximum Gasteiger partial charge on any atom is 0.336 e. The average Bonchev–Trinajstić information content (AvgIpc) is 2.63. The number of carbonyl (C=O) groups excluding carboxylic acids is 2. The van der Waals surface area contributed by atoms with Crippen LogP contribution in [0.1, 0.15) is 51.2 Å². The fraction of sp³-hybridized carbons (Fsp3) is 0.333. The Labute approximate surface area is 187 Å². The molecule has 1 aliphatic rings. The first-order chi connectivity index (χ1) is 14.0. The summed E-state index contributed by atoms with van der Waals surface area (Å²) in [5.74, 6) is -0.903. The lowest BCUT2D eigenvalue weighted by Gasteiger charge is -2.35. The van der Waals surface area contributed by atoms with Crippen molar-refractivity contribution in [2.45, 2.75) is 52.2 Å². The van der Waals surface area contributed by atoms with Gasteiger partial charge in [0.2, 0.25) is 5.91 Å². The minimum absolute atomic E-state index is 0.0650. The Bertz CT molecular complexity index is 1010. The molecule has 2 aromatic carbocycles. The highest BCUT2D eigenvalue weighted by Gasteiger charge is 2.38. The Balaban J connectivity index is 2.06. The van der Waals surface area contributed by atoms with Gasteiger partial charge < -0.3 is 9.64 Å². The molecule has 0 saturated carbocycles. The van der Waals surface area contributed by atoms with Gasteiger partial charge in [-0.2, -0.15) is 0 Å². The van der Waals surface area contributed by atoms with Gasteiger partial charge in [-0.1, -0.05) is 47.5 Å². The van der Waals surface area contributed by atoms with Crippen LogP contribution in [0.2, 0.25) is 10.0 Å². The van der Waals surface area contributed by atoms with Gasteiger partial charge in [0.25, 0.3) is 0 Å². The maximum atomic E-state index is 13.2. The van der Waals surface area contributed by atoms with Crippen LogP contribution in [0.15, 0.2) is 59.8 Å². The molecule has 0 bridgehead atoms. The zero-order valence-electron chi connectivity index (χ0n) is 17.5. The van der Waals surface area contributed by atoms with Crippen molar-refractivity contribution in [2.75, 3.05) is 0 Å². The van der Waals surface area contributed by atoms with Gasteiger partial charge in [0.15, 0.2) is 0 Å². The second-order valence-corrected chi connectivity index (χ2v) is 9.30. The number of esters is 1. The minimum atomic E-state index is -0.650. The van der Waals surface area contributed by atoms with E-state index in [9.17, 15) is 9.59 Å². The highest BCUT2D eigenvalue weighted by atomic mass is 35.5. The molecule has 3 rings (SSSR count). The smallest absolute Gasteiger partial charge is 0.336 e. The van der Waals surface area contributed by atoms with Gasteiger partial charge in [-0.25, -0.2) is 4.79 Å². The zero-order chi connectivity index (χ0) is 22.1. The van der Waals surface area contributed by atoms with Crippen molar-refractivity contribution in [3.8, 4) is 0 Å². The Morgan fingerprint density at radius 2 is 1.73 bits per heavy atom. The molecular weight excluding hydrogens is 421 g/mol. The van der Waals surface area contributed by atoms with Gasteiger partial charge in [0, 0.05) is 28.1 Å². The fourth-order valence-electron chi connectivity index (χ4n) is 3.63. The number of benzene rings is 2. The van der Waals surface area contributed by atoms with Crippen molar-refractivity contribution in [1.82, 2.24) is 4.90 Å². The summed E-state index contributed by atoms with van der Waals surface area (Å²) in [5, 5.41) is 1.16. The van der Waals surface area contributed by atoms with E-state index in [0.29, 0.717) is 27.9 Å². The molecule has 0 N–H and O–H groups in total. The van der Waals surface area contributed by atoms with Crippen LogP contribution in [0.4, 0.5) is 0 Å². The van der Waals surface area contributed by atoms with E-state index >= 15 is 0 Å². The Morgan fingerprint density at radius 1 is 1.10 bits per heavy atom. The number of amides is 1. The van der Waals surface area contributed by atoms with Gasteiger partial charge in [0.05, 0.1) is 12.1 Å². The molecule has 4 nitrogen and oxygen atoms in total. The Morgan fingerprint density at radius 3 is 2.33 bits per heavy atom. The lowest BCUT2D eigenvalue weighted by molar-refractivity contribution is -0.150. The Kier molecular flexibility index (Phi) is 6.59. The molecule has 1 unspecified atom stereocenters. The molecule has 158 valence electrons. The largest absolute Gasteiger partial charge is 0.457 e. The summed E-state index contributed by atoms with van der Waals surface area (Å²) in [4.78, 5) is 27.9. The number of ether oxygens (including phenoxy) is 1. The number of nitrogens with zero attached hydrogens (tertiary/aromatic N) is 1. The molecule has 2 aromatic rings. The first-order valence-corrected chi connectivity index (χ1v) is 10.5. The van der Waals surface area contributed by atoms with Crippen LogP contribution in [-0.4, -0.2) is 22.4 Å². The van der Waals surface area contributed by atoms with Gasteiger partial charge in [-0.05, 0) is 63.1 Å². The topological polar surface area (TPSA) is 46.6 Å². The standard InChI is InChI=1S/C24H25Cl2NO3/c1-15-22(23(29)30-24(2,3)4)20(17-8-6-10-19(26)12-17)13-21(28)27(15)14-16-7-5-9-18(25)11-16/h5-12,20H,13-14H2,1-4H3. The summed E-state index contributed by atoms with van der Waals surface area (Å²) in [6.07, 6.45) is 0.160. The number of hydrogen-bond acceptors (Lipinski definition) is 3. The third-order valence-electron chi connectivity index (χ3n) is 4.92. The summed E-state index contributed by atoms with van der Waals surface area (Å²) in [5.41, 5.74) is 2.13. The van der Waals surface area contributed by atoms with Crippen molar-refractivity contribution in [2.24, 2.45) is 0 Å². The van der Waals surface area contributed by atoms with E-state index in [0.717, 1.165) is 11.1 Å². The lowest BCUT2D eigenvalue weighted by Crippen LogP contribution is -2.39. The number of hydrogen-bond donors (Lipinski definition) is 0. The van der Waals surface area contributed by atoms with Crippen molar-refractivity contribution < 1.29 is 14.3 Å². The summed E-state index contributed by atoms with van der Waals surface area (Å²) in [7, 11) is 0. The predicted molar refractivity (Wildman–Crippen MR) is 119 cm³/mol. The molecule has 6 heteroatoms. The highest BCUT2D eigenvalue weighted by Crippen LogP contribution is 2.39. The van der Waals surface area contributed by atoms with E-state index in [-0.39, 0.29) is 12.3 Å². The number of rotatable bonds is 4. The maximum absolute atomic E-state index is 13.2. The zero-order valence-corrected chi connectivity index (χ0v) is 19.1. The second kappa shape index (κ2) is 8.83. The van der Waals surface area contributed by atoms with Gasteiger partial charge >= 0.3 is 5.97 Å². The van der Waals surface area contributed by atoms with Crippen molar-refractivity contribution in [3.05, 3.63) is 81.0 Å². The molecule has 0 fully saturated rings. The highest BCUT2D eigenvalue weighted by molar-refractivity contribution is 6.30. The quantitative estimate of drug-likeness (QED) is 0.531. The molecule has 0 aromatic heterocycles. The number of halogens is 2. The Hall–Kier alpha value is -2.30.